The molecule has 10 aromatic carbocycles. The van der Waals surface area contributed by atoms with Crippen LogP contribution >= 0.6 is 0 Å². The molecule has 1 aromatic heterocycles. The van der Waals surface area contributed by atoms with Crippen molar-refractivity contribution in [3.63, 3.8) is 0 Å². The topological polar surface area (TPSA) is 35.2 Å². The predicted octanol–water partition coefficient (Wildman–Crippen LogP) is 16.6. The van der Waals surface area contributed by atoms with Gasteiger partial charge in [-0.05, 0) is 155 Å². The standard InChI is InChI=1S/C61H42N4/c62-43-44-21-23-45(24-22-44)46-25-37-57(38-26-46)65-60-39-31-49(47-27-33-55(34-28-47)63(51-13-5-1-6-14-51)52-15-7-2-8-16-52)41-58(60)59-42-50(32-40-61(59)65)48-29-35-56(36-30-48)64(53-17-9-3-10-18-53)54-19-11-4-12-20-54/h1-42H. The minimum Gasteiger partial charge on any atom is -0.311 e. The Morgan fingerprint density at radius 2 is 0.585 bits per heavy atom. The van der Waals surface area contributed by atoms with Crippen LogP contribution in [0.4, 0.5) is 34.1 Å². The molecule has 65 heavy (non-hydrogen) atoms. The van der Waals surface area contributed by atoms with Crippen LogP contribution < -0.4 is 9.80 Å². The summed E-state index contributed by atoms with van der Waals surface area (Å²) in [7, 11) is 0. The maximum atomic E-state index is 9.34. The lowest BCUT2D eigenvalue weighted by Gasteiger charge is -2.25. The van der Waals surface area contributed by atoms with E-state index in [1.165, 1.54) is 10.8 Å². The molecule has 0 radical (unpaired) electrons. The molecule has 0 saturated carbocycles. The summed E-state index contributed by atoms with van der Waals surface area (Å²) in [6.07, 6.45) is 0. The lowest BCUT2D eigenvalue weighted by Crippen LogP contribution is -2.09. The van der Waals surface area contributed by atoms with E-state index in [1.54, 1.807) is 0 Å². The third kappa shape index (κ3) is 7.58. The quantitative estimate of drug-likeness (QED) is 0.138. The zero-order valence-corrected chi connectivity index (χ0v) is 35.5. The summed E-state index contributed by atoms with van der Waals surface area (Å²) in [6.45, 7) is 0. The van der Waals surface area contributed by atoms with Gasteiger partial charge >= 0.3 is 0 Å². The average molecular weight is 831 g/mol. The van der Waals surface area contributed by atoms with Crippen molar-refractivity contribution in [3.05, 3.63) is 260 Å². The first-order chi connectivity index (χ1) is 32.2. The van der Waals surface area contributed by atoms with Gasteiger partial charge in [-0.25, -0.2) is 0 Å². The fourth-order valence-corrected chi connectivity index (χ4v) is 9.01. The van der Waals surface area contributed by atoms with E-state index in [0.29, 0.717) is 5.56 Å². The summed E-state index contributed by atoms with van der Waals surface area (Å²) in [5.41, 5.74) is 17.5. The second-order valence-corrected chi connectivity index (χ2v) is 16.1. The van der Waals surface area contributed by atoms with Crippen molar-refractivity contribution >= 4 is 55.9 Å². The van der Waals surface area contributed by atoms with Gasteiger partial charge in [0.2, 0.25) is 0 Å². The molecule has 0 bridgehead atoms. The number of nitriles is 1. The van der Waals surface area contributed by atoms with E-state index in [9.17, 15) is 5.26 Å². The Morgan fingerprint density at radius 3 is 0.938 bits per heavy atom. The summed E-state index contributed by atoms with van der Waals surface area (Å²) >= 11 is 0. The highest BCUT2D eigenvalue weighted by Gasteiger charge is 2.18. The minimum absolute atomic E-state index is 0.656. The van der Waals surface area contributed by atoms with Gasteiger partial charge in [0.15, 0.2) is 0 Å². The second-order valence-electron chi connectivity index (χ2n) is 16.1. The first kappa shape index (κ1) is 39.0. The van der Waals surface area contributed by atoms with Gasteiger partial charge in [0.25, 0.3) is 0 Å². The Balaban J connectivity index is 1.00. The third-order valence-electron chi connectivity index (χ3n) is 12.2. The first-order valence-corrected chi connectivity index (χ1v) is 21.9. The Labute approximate surface area is 379 Å². The van der Waals surface area contributed by atoms with Crippen molar-refractivity contribution in [2.75, 3.05) is 9.80 Å². The molecular formula is C61H42N4. The van der Waals surface area contributed by atoms with Crippen molar-refractivity contribution < 1.29 is 0 Å². The summed E-state index contributed by atoms with van der Waals surface area (Å²) in [5.74, 6) is 0. The summed E-state index contributed by atoms with van der Waals surface area (Å²) in [4.78, 5) is 4.59. The van der Waals surface area contributed by atoms with Crippen molar-refractivity contribution in [2.45, 2.75) is 0 Å². The predicted molar refractivity (Wildman–Crippen MR) is 271 cm³/mol. The number of hydrogen-bond acceptors (Lipinski definition) is 3. The van der Waals surface area contributed by atoms with Crippen LogP contribution in [-0.4, -0.2) is 4.57 Å². The Bertz CT molecular complexity index is 3170. The average Bonchev–Trinajstić information content (AvgIpc) is 3.71. The highest BCUT2D eigenvalue weighted by molar-refractivity contribution is 6.11. The molecule has 0 aliphatic rings. The molecule has 0 atom stereocenters. The fourth-order valence-electron chi connectivity index (χ4n) is 9.01. The smallest absolute Gasteiger partial charge is 0.0991 e. The zero-order chi connectivity index (χ0) is 43.5. The number of nitrogens with zero attached hydrogens (tertiary/aromatic N) is 4. The molecule has 11 rings (SSSR count). The van der Waals surface area contributed by atoms with Crippen LogP contribution in [-0.2, 0) is 0 Å². The van der Waals surface area contributed by atoms with E-state index in [-0.39, 0.29) is 0 Å². The van der Waals surface area contributed by atoms with Crippen LogP contribution in [0.3, 0.4) is 0 Å². The molecule has 1 heterocycles. The minimum atomic E-state index is 0.656. The third-order valence-corrected chi connectivity index (χ3v) is 12.2. The molecule has 0 N–H and O–H groups in total. The molecule has 306 valence electrons. The maximum Gasteiger partial charge on any atom is 0.0991 e. The zero-order valence-electron chi connectivity index (χ0n) is 35.5. The van der Waals surface area contributed by atoms with Crippen molar-refractivity contribution in [2.24, 2.45) is 0 Å². The number of para-hydroxylation sites is 4. The normalized spacial score (nSPS) is 11.1. The van der Waals surface area contributed by atoms with E-state index >= 15 is 0 Å². The van der Waals surface area contributed by atoms with Gasteiger partial charge in [-0.3, -0.25) is 0 Å². The van der Waals surface area contributed by atoms with Gasteiger partial charge in [-0.15, -0.1) is 0 Å². The number of aromatic nitrogens is 1. The van der Waals surface area contributed by atoms with Gasteiger partial charge < -0.3 is 14.4 Å². The highest BCUT2D eigenvalue weighted by atomic mass is 15.1. The Morgan fingerprint density at radius 1 is 0.292 bits per heavy atom. The maximum absolute atomic E-state index is 9.34. The van der Waals surface area contributed by atoms with Crippen LogP contribution in [0.1, 0.15) is 5.56 Å². The van der Waals surface area contributed by atoms with Gasteiger partial charge in [-0.1, -0.05) is 133 Å². The van der Waals surface area contributed by atoms with E-state index in [2.05, 4.69) is 251 Å². The molecule has 0 amide bonds. The molecule has 0 saturated heterocycles. The SMILES string of the molecule is N#Cc1ccc(-c2ccc(-n3c4ccc(-c5ccc(N(c6ccccc6)c6ccccc6)cc5)cc4c4cc(-c5ccc(N(c6ccccc6)c6ccccc6)cc5)ccc43)cc2)cc1. The van der Waals surface area contributed by atoms with E-state index in [0.717, 1.165) is 84.2 Å². The lowest BCUT2D eigenvalue weighted by molar-refractivity contribution is 1.18. The number of benzene rings is 10. The van der Waals surface area contributed by atoms with Gasteiger partial charge in [0.05, 0.1) is 22.7 Å². The van der Waals surface area contributed by atoms with E-state index in [1.807, 2.05) is 24.3 Å². The van der Waals surface area contributed by atoms with Gasteiger partial charge in [0.1, 0.15) is 0 Å². The molecule has 4 heteroatoms. The van der Waals surface area contributed by atoms with Crippen molar-refractivity contribution in [3.8, 4) is 45.1 Å². The fraction of sp³-hybridized carbons (Fsp3) is 0. The molecular weight excluding hydrogens is 789 g/mol. The molecule has 0 spiro atoms. The lowest BCUT2D eigenvalue weighted by atomic mass is 9.99. The number of rotatable bonds is 10. The molecule has 0 fully saturated rings. The molecule has 0 aliphatic heterocycles. The van der Waals surface area contributed by atoms with Crippen LogP contribution in [0.5, 0.6) is 0 Å². The second kappa shape index (κ2) is 17.1. The molecule has 11 aromatic rings. The number of fused-ring (bicyclic) bond motifs is 3. The monoisotopic (exact) mass is 830 g/mol. The Hall–Kier alpha value is -8.91. The van der Waals surface area contributed by atoms with E-state index < -0.39 is 0 Å². The van der Waals surface area contributed by atoms with Crippen molar-refractivity contribution in [1.29, 1.82) is 5.26 Å². The van der Waals surface area contributed by atoms with Crippen LogP contribution in [0.15, 0.2) is 255 Å². The number of hydrogen-bond donors (Lipinski definition) is 0. The van der Waals surface area contributed by atoms with Gasteiger partial charge in [0, 0.05) is 50.6 Å². The summed E-state index contributed by atoms with van der Waals surface area (Å²) in [5, 5.41) is 11.7. The molecule has 0 unspecified atom stereocenters. The van der Waals surface area contributed by atoms with Crippen LogP contribution in [0.2, 0.25) is 0 Å². The van der Waals surface area contributed by atoms with Crippen LogP contribution in [0, 0.1) is 11.3 Å². The van der Waals surface area contributed by atoms with Crippen LogP contribution in [0.25, 0.3) is 60.9 Å². The molecule has 4 nitrogen and oxygen atoms in total. The summed E-state index contributed by atoms with van der Waals surface area (Å²) < 4.78 is 2.38. The number of anilines is 6. The first-order valence-electron chi connectivity index (χ1n) is 21.9. The highest BCUT2D eigenvalue weighted by Crippen LogP contribution is 2.41. The largest absolute Gasteiger partial charge is 0.311 e. The Kier molecular flexibility index (Phi) is 10.3. The molecule has 0 aliphatic carbocycles. The van der Waals surface area contributed by atoms with Gasteiger partial charge in [-0.2, -0.15) is 5.26 Å². The summed E-state index contributed by atoms with van der Waals surface area (Å²) in [6, 6.07) is 92.4. The van der Waals surface area contributed by atoms with E-state index in [4.69, 9.17) is 0 Å². The van der Waals surface area contributed by atoms with Crippen molar-refractivity contribution in [1.82, 2.24) is 4.57 Å².